The average Bonchev–Trinajstić information content (AvgIpc) is 3.68. The first-order chi connectivity index (χ1) is 24.7. The van der Waals surface area contributed by atoms with Gasteiger partial charge in [-0.1, -0.05) is 107 Å². The summed E-state index contributed by atoms with van der Waals surface area (Å²) in [6, 6.07) is 26.0. The lowest BCUT2D eigenvalue weighted by atomic mass is 9.81. The summed E-state index contributed by atoms with van der Waals surface area (Å²) < 4.78 is 2.69. The lowest BCUT2D eigenvalue weighted by Gasteiger charge is -2.24. The third-order valence-corrected chi connectivity index (χ3v) is 12.0. The molecule has 3 heterocycles. The van der Waals surface area contributed by atoms with Crippen molar-refractivity contribution >= 4 is 45.1 Å². The summed E-state index contributed by atoms with van der Waals surface area (Å²) in [6.07, 6.45) is 10.4. The zero-order chi connectivity index (χ0) is 36.9. The van der Waals surface area contributed by atoms with Gasteiger partial charge in [-0.3, -0.25) is 13.9 Å². The molecule has 2 aliphatic heterocycles. The standard InChI is InChI=1S/C46H46N4O2/c1-28-39(43(51)50(9)44(52)47(28)6)40-31(22-26-37-45(2,3)41-33-16-12-10-14-29(33)20-24-35(41)48(37)7)18-19-32(40)23-27-38-46(4,5)42-34-17-13-11-15-30(34)21-25-36(42)49(38)8/h10-17,20-27H,1,18-19H2,2-9H3/b31-22+,32-23+,37-26+,38-27+. The second kappa shape index (κ2) is 11.7. The highest BCUT2D eigenvalue weighted by Crippen LogP contribution is 2.51. The van der Waals surface area contributed by atoms with Crippen LogP contribution in [0.25, 0.3) is 33.7 Å². The quantitative estimate of drug-likeness (QED) is 0.197. The number of hydrogen-bond acceptors (Lipinski definition) is 4. The van der Waals surface area contributed by atoms with Gasteiger partial charge >= 0.3 is 5.69 Å². The van der Waals surface area contributed by atoms with E-state index in [9.17, 15) is 9.59 Å². The number of likely N-dealkylation sites (N-methyl/N-ethyl adjacent to an activating group) is 2. The molecule has 0 unspecified atom stereocenters. The maximum absolute atomic E-state index is 14.0. The summed E-state index contributed by atoms with van der Waals surface area (Å²) in [7, 11) is 7.52. The van der Waals surface area contributed by atoms with Gasteiger partial charge in [0.1, 0.15) is 0 Å². The minimum Gasteiger partial charge on any atom is -0.347 e. The molecule has 0 bridgehead atoms. The van der Waals surface area contributed by atoms with Crippen molar-refractivity contribution in [3.05, 3.63) is 162 Å². The number of allylic oxidation sites excluding steroid dienone is 8. The van der Waals surface area contributed by atoms with E-state index in [0.717, 1.165) is 29.6 Å². The van der Waals surface area contributed by atoms with E-state index < -0.39 is 0 Å². The second-order valence-corrected chi connectivity index (χ2v) is 15.6. The van der Waals surface area contributed by atoms with E-state index in [1.807, 2.05) is 0 Å². The Kier molecular flexibility index (Phi) is 7.55. The summed E-state index contributed by atoms with van der Waals surface area (Å²) in [5.74, 6) is 0. The number of fused-ring (bicyclic) bond motifs is 6. The van der Waals surface area contributed by atoms with Gasteiger partial charge in [-0.15, -0.1) is 0 Å². The fraction of sp³-hybridized carbons (Fsp3) is 0.261. The van der Waals surface area contributed by atoms with Crippen molar-refractivity contribution in [1.82, 2.24) is 9.13 Å². The Morgan fingerprint density at radius 3 is 1.50 bits per heavy atom. The van der Waals surface area contributed by atoms with E-state index in [1.165, 1.54) is 64.6 Å². The van der Waals surface area contributed by atoms with Gasteiger partial charge in [0, 0.05) is 61.8 Å². The summed E-state index contributed by atoms with van der Waals surface area (Å²) in [4.78, 5) is 31.6. The molecule has 8 rings (SSSR count). The number of benzene rings is 4. The van der Waals surface area contributed by atoms with Crippen molar-refractivity contribution in [2.75, 3.05) is 23.9 Å². The van der Waals surface area contributed by atoms with Crippen molar-refractivity contribution in [3.8, 4) is 0 Å². The molecule has 262 valence electrons. The second-order valence-electron chi connectivity index (χ2n) is 15.6. The van der Waals surface area contributed by atoms with Crippen molar-refractivity contribution in [3.63, 3.8) is 0 Å². The Hall–Kier alpha value is -5.62. The van der Waals surface area contributed by atoms with Gasteiger partial charge in [0.05, 0.1) is 10.6 Å². The summed E-state index contributed by atoms with van der Waals surface area (Å²) in [5.41, 5.74) is 9.26. The molecule has 5 aromatic rings. The molecule has 1 saturated carbocycles. The van der Waals surface area contributed by atoms with Crippen LogP contribution in [0, 0.1) is 0 Å². The van der Waals surface area contributed by atoms with Gasteiger partial charge in [0.25, 0.3) is 5.56 Å². The first-order valence-corrected chi connectivity index (χ1v) is 18.1. The fourth-order valence-electron chi connectivity index (χ4n) is 9.26. The lowest BCUT2D eigenvalue weighted by molar-refractivity contribution is 0.644. The first-order valence-electron chi connectivity index (χ1n) is 18.1. The van der Waals surface area contributed by atoms with Gasteiger partial charge < -0.3 is 9.80 Å². The molecule has 1 fully saturated rings. The van der Waals surface area contributed by atoms with Crippen LogP contribution in [0.2, 0.25) is 0 Å². The van der Waals surface area contributed by atoms with Gasteiger partial charge in [-0.2, -0.15) is 0 Å². The molecule has 0 amide bonds. The fourth-order valence-corrected chi connectivity index (χ4v) is 9.26. The largest absolute Gasteiger partial charge is 0.347 e. The highest BCUT2D eigenvalue weighted by molar-refractivity contribution is 5.96. The van der Waals surface area contributed by atoms with Crippen molar-refractivity contribution in [1.29, 1.82) is 0 Å². The van der Waals surface area contributed by atoms with E-state index in [4.69, 9.17) is 0 Å². The molecule has 0 radical (unpaired) electrons. The topological polar surface area (TPSA) is 50.5 Å². The smallest absolute Gasteiger partial charge is 0.330 e. The number of anilines is 2. The molecule has 3 aliphatic rings. The molecular formula is C46H46N4O2. The molecule has 6 nitrogen and oxygen atoms in total. The zero-order valence-corrected chi connectivity index (χ0v) is 31.5. The van der Waals surface area contributed by atoms with Crippen LogP contribution in [-0.2, 0) is 24.9 Å². The molecule has 1 aromatic heterocycles. The third kappa shape index (κ3) is 4.69. The summed E-state index contributed by atoms with van der Waals surface area (Å²) >= 11 is 0. The molecule has 1 aliphatic carbocycles. The summed E-state index contributed by atoms with van der Waals surface area (Å²) in [5, 5.41) is 5.92. The normalized spacial score (nSPS) is 20.7. The predicted octanol–water partition coefficient (Wildman–Crippen LogP) is 7.22. The molecule has 0 atom stereocenters. The molecular weight excluding hydrogens is 641 g/mol. The average molecular weight is 687 g/mol. The van der Waals surface area contributed by atoms with E-state index in [1.54, 1.807) is 14.1 Å². The molecule has 6 heteroatoms. The predicted molar refractivity (Wildman–Crippen MR) is 217 cm³/mol. The SMILES string of the molecule is C=c1c(=C2/C(=C/C=C3/N(C)c4ccc5ccccc5c4C3(C)C)CC/C2=C\C=C2\N(C)c3ccc4ccccc4c3C2(C)C)c(=O)n(C)c(=O)n1C. The Bertz CT molecular complexity index is 2570. The van der Waals surface area contributed by atoms with Crippen LogP contribution in [0.15, 0.2) is 129 Å². The van der Waals surface area contributed by atoms with Crippen molar-refractivity contribution < 1.29 is 0 Å². The van der Waals surface area contributed by atoms with E-state index >= 15 is 0 Å². The van der Waals surface area contributed by atoms with Crippen LogP contribution in [0.1, 0.15) is 51.7 Å². The minimum absolute atomic E-state index is 0.244. The molecule has 0 spiro atoms. The van der Waals surface area contributed by atoms with Crippen LogP contribution >= 0.6 is 0 Å². The highest BCUT2D eigenvalue weighted by atomic mass is 16.2. The first kappa shape index (κ1) is 33.5. The number of nitrogens with zero attached hydrogens (tertiary/aromatic N) is 4. The van der Waals surface area contributed by atoms with Gasteiger partial charge in [0.2, 0.25) is 0 Å². The Balaban J connectivity index is 1.31. The molecule has 0 saturated heterocycles. The Labute approximate surface area is 304 Å². The maximum Gasteiger partial charge on any atom is 0.330 e. The van der Waals surface area contributed by atoms with Crippen LogP contribution in [0.3, 0.4) is 0 Å². The summed E-state index contributed by atoms with van der Waals surface area (Å²) in [6.45, 7) is 13.5. The van der Waals surface area contributed by atoms with Crippen LogP contribution in [-0.4, -0.2) is 23.2 Å². The maximum atomic E-state index is 14.0. The highest BCUT2D eigenvalue weighted by Gasteiger charge is 2.41. The van der Waals surface area contributed by atoms with Crippen molar-refractivity contribution in [2.24, 2.45) is 14.1 Å². The van der Waals surface area contributed by atoms with Gasteiger partial charge in [-0.05, 0) is 86.5 Å². The van der Waals surface area contributed by atoms with Crippen LogP contribution in [0.4, 0.5) is 11.4 Å². The molecule has 52 heavy (non-hydrogen) atoms. The van der Waals surface area contributed by atoms with Crippen LogP contribution < -0.4 is 31.6 Å². The number of rotatable bonds is 2. The Morgan fingerprint density at radius 2 is 1.04 bits per heavy atom. The monoisotopic (exact) mass is 686 g/mol. The zero-order valence-electron chi connectivity index (χ0n) is 31.5. The van der Waals surface area contributed by atoms with E-state index in [2.05, 4.69) is 155 Å². The van der Waals surface area contributed by atoms with Gasteiger partial charge in [-0.25, -0.2) is 4.79 Å². The molecule has 0 N–H and O–H groups in total. The number of hydrogen-bond donors (Lipinski definition) is 0. The van der Waals surface area contributed by atoms with E-state index in [-0.39, 0.29) is 22.1 Å². The third-order valence-electron chi connectivity index (χ3n) is 12.0. The van der Waals surface area contributed by atoms with Gasteiger partial charge in [0.15, 0.2) is 0 Å². The van der Waals surface area contributed by atoms with Crippen molar-refractivity contribution in [2.45, 2.75) is 51.4 Å². The van der Waals surface area contributed by atoms with E-state index in [0.29, 0.717) is 10.6 Å². The van der Waals surface area contributed by atoms with Crippen LogP contribution in [0.5, 0.6) is 0 Å². The minimum atomic E-state index is -0.378. The Morgan fingerprint density at radius 1 is 0.596 bits per heavy atom. The lowest BCUT2D eigenvalue weighted by Crippen LogP contribution is -2.57. The number of aromatic nitrogens is 2. The molecule has 4 aromatic carbocycles.